The average Bonchev–Trinajstić information content (AvgIpc) is 2.36. The molecule has 0 saturated carbocycles. The summed E-state index contributed by atoms with van der Waals surface area (Å²) in [4.78, 5) is 18.2. The summed E-state index contributed by atoms with van der Waals surface area (Å²) >= 11 is 0. The second kappa shape index (κ2) is 12.2. The number of nitrogens with zero attached hydrogens (tertiary/aromatic N) is 3. The fourth-order valence-corrected chi connectivity index (χ4v) is 2.17. The summed E-state index contributed by atoms with van der Waals surface area (Å²) in [6, 6.07) is 0. The fourth-order valence-electron chi connectivity index (χ4n) is 2.17. The monoisotopic (exact) mass is 285 g/mol. The quantitative estimate of drug-likeness (QED) is 0.515. The van der Waals surface area contributed by atoms with E-state index in [9.17, 15) is 4.79 Å². The zero-order valence-electron chi connectivity index (χ0n) is 14.3. The first-order valence-corrected chi connectivity index (χ1v) is 7.97. The van der Waals surface area contributed by atoms with Crippen LogP contribution in [0.25, 0.3) is 0 Å². The van der Waals surface area contributed by atoms with E-state index in [1.54, 1.807) is 0 Å². The van der Waals surface area contributed by atoms with E-state index >= 15 is 0 Å². The fraction of sp³-hybridized carbons (Fsp3) is 0.938. The van der Waals surface area contributed by atoms with E-state index in [1.165, 1.54) is 32.2 Å². The van der Waals surface area contributed by atoms with E-state index in [0.717, 1.165) is 25.9 Å². The van der Waals surface area contributed by atoms with E-state index in [1.807, 2.05) is 11.9 Å². The van der Waals surface area contributed by atoms with Crippen molar-refractivity contribution in [1.82, 2.24) is 14.7 Å². The van der Waals surface area contributed by atoms with Crippen LogP contribution >= 0.6 is 0 Å². The summed E-state index contributed by atoms with van der Waals surface area (Å²) < 4.78 is 0. The molecule has 4 nitrogen and oxygen atoms in total. The first kappa shape index (κ1) is 19.4. The largest absolute Gasteiger partial charge is 0.346 e. The summed E-state index contributed by atoms with van der Waals surface area (Å²) in [5, 5.41) is 0. The van der Waals surface area contributed by atoms with Gasteiger partial charge in [-0.25, -0.2) is 0 Å². The normalized spacial score (nSPS) is 11.3. The number of carbonyl (C=O) groups excluding carboxylic acids is 1. The highest BCUT2D eigenvalue weighted by atomic mass is 16.2. The molecule has 0 atom stereocenters. The van der Waals surface area contributed by atoms with E-state index in [4.69, 9.17) is 0 Å². The van der Waals surface area contributed by atoms with Gasteiger partial charge in [-0.05, 0) is 60.5 Å². The molecular weight excluding hydrogens is 250 g/mol. The molecule has 0 aromatic carbocycles. The summed E-state index contributed by atoms with van der Waals surface area (Å²) in [5.41, 5.74) is 0. The molecule has 0 unspecified atom stereocenters. The first-order valence-electron chi connectivity index (χ1n) is 7.97. The van der Waals surface area contributed by atoms with Crippen molar-refractivity contribution in [2.45, 2.75) is 44.9 Å². The van der Waals surface area contributed by atoms with Crippen LogP contribution in [0, 0.1) is 0 Å². The second-order valence-corrected chi connectivity index (χ2v) is 6.29. The van der Waals surface area contributed by atoms with Crippen LogP contribution in [0.3, 0.4) is 0 Å². The Hall–Kier alpha value is -0.610. The number of hydrogen-bond acceptors (Lipinski definition) is 3. The first-order chi connectivity index (χ1) is 9.43. The van der Waals surface area contributed by atoms with Crippen molar-refractivity contribution in [2.24, 2.45) is 0 Å². The van der Waals surface area contributed by atoms with Gasteiger partial charge in [0.2, 0.25) is 5.91 Å². The Labute approximate surface area is 126 Å². The van der Waals surface area contributed by atoms with Crippen molar-refractivity contribution in [3.8, 4) is 0 Å². The zero-order valence-corrected chi connectivity index (χ0v) is 14.3. The maximum absolute atomic E-state index is 11.9. The van der Waals surface area contributed by atoms with Crippen LogP contribution < -0.4 is 0 Å². The maximum Gasteiger partial charge on any atom is 0.222 e. The van der Waals surface area contributed by atoms with E-state index in [2.05, 4.69) is 38.0 Å². The molecule has 0 fully saturated rings. The Morgan fingerprint density at radius 2 is 1.15 bits per heavy atom. The van der Waals surface area contributed by atoms with Crippen LogP contribution in [0.15, 0.2) is 0 Å². The number of rotatable bonds is 12. The number of hydrogen-bond donors (Lipinski definition) is 0. The molecule has 0 aliphatic rings. The molecule has 0 spiro atoms. The molecule has 0 aromatic heterocycles. The van der Waals surface area contributed by atoms with E-state index in [0.29, 0.717) is 12.3 Å². The Morgan fingerprint density at radius 1 is 0.650 bits per heavy atom. The van der Waals surface area contributed by atoms with Crippen molar-refractivity contribution in [1.29, 1.82) is 0 Å². The van der Waals surface area contributed by atoms with Gasteiger partial charge in [-0.1, -0.05) is 19.3 Å². The van der Waals surface area contributed by atoms with Crippen LogP contribution in [-0.2, 0) is 4.79 Å². The SMILES string of the molecule is CN(C)CCCCCCCC(=O)N(C)CCCN(C)C. The summed E-state index contributed by atoms with van der Waals surface area (Å²) in [5.74, 6) is 0.303. The Balaban J connectivity index is 3.43. The standard InChI is InChI=1S/C16H35N3O/c1-17(2)13-10-8-6-7-9-12-16(20)19(5)15-11-14-18(3)4/h6-15H2,1-5H3. The number of unbranched alkanes of at least 4 members (excludes halogenated alkanes) is 4. The van der Waals surface area contributed by atoms with Gasteiger partial charge in [-0.2, -0.15) is 0 Å². The smallest absolute Gasteiger partial charge is 0.222 e. The van der Waals surface area contributed by atoms with Crippen LogP contribution in [0.1, 0.15) is 44.9 Å². The highest BCUT2D eigenvalue weighted by Gasteiger charge is 2.07. The lowest BCUT2D eigenvalue weighted by Crippen LogP contribution is -2.29. The topological polar surface area (TPSA) is 26.8 Å². The molecule has 0 radical (unpaired) electrons. The predicted octanol–water partition coefficient (Wildman–Crippen LogP) is 2.30. The summed E-state index contributed by atoms with van der Waals surface area (Å²) in [7, 11) is 10.3. The molecular formula is C16H35N3O. The molecule has 4 heteroatoms. The third-order valence-electron chi connectivity index (χ3n) is 3.52. The minimum absolute atomic E-state index is 0.303. The van der Waals surface area contributed by atoms with Gasteiger partial charge in [0.15, 0.2) is 0 Å². The molecule has 0 aliphatic carbocycles. The molecule has 0 aromatic rings. The minimum atomic E-state index is 0.303. The maximum atomic E-state index is 11.9. The van der Waals surface area contributed by atoms with Gasteiger partial charge in [0.1, 0.15) is 0 Å². The summed E-state index contributed by atoms with van der Waals surface area (Å²) in [6.45, 7) is 3.09. The Kier molecular flexibility index (Phi) is 11.8. The van der Waals surface area contributed by atoms with Gasteiger partial charge in [0.05, 0.1) is 0 Å². The lowest BCUT2D eigenvalue weighted by Gasteiger charge is -2.18. The van der Waals surface area contributed by atoms with Gasteiger partial charge in [0, 0.05) is 20.0 Å². The molecule has 0 bridgehead atoms. The molecule has 0 heterocycles. The lowest BCUT2D eigenvalue weighted by atomic mass is 10.1. The average molecular weight is 285 g/mol. The van der Waals surface area contributed by atoms with Crippen LogP contribution in [0.4, 0.5) is 0 Å². The highest BCUT2D eigenvalue weighted by molar-refractivity contribution is 5.75. The van der Waals surface area contributed by atoms with Crippen molar-refractivity contribution in [3.63, 3.8) is 0 Å². The van der Waals surface area contributed by atoms with Crippen LogP contribution in [0.5, 0.6) is 0 Å². The van der Waals surface area contributed by atoms with Gasteiger partial charge in [0.25, 0.3) is 0 Å². The van der Waals surface area contributed by atoms with E-state index in [-0.39, 0.29) is 0 Å². The molecule has 1 amide bonds. The highest BCUT2D eigenvalue weighted by Crippen LogP contribution is 2.07. The number of carbonyl (C=O) groups is 1. The van der Waals surface area contributed by atoms with E-state index < -0.39 is 0 Å². The Morgan fingerprint density at radius 3 is 1.75 bits per heavy atom. The summed E-state index contributed by atoms with van der Waals surface area (Å²) in [6.07, 6.45) is 7.80. The minimum Gasteiger partial charge on any atom is -0.346 e. The van der Waals surface area contributed by atoms with Crippen molar-refractivity contribution < 1.29 is 4.79 Å². The van der Waals surface area contributed by atoms with Gasteiger partial charge >= 0.3 is 0 Å². The molecule has 0 N–H and O–H groups in total. The van der Waals surface area contributed by atoms with Gasteiger partial charge in [-0.15, -0.1) is 0 Å². The third-order valence-corrected chi connectivity index (χ3v) is 3.52. The second-order valence-electron chi connectivity index (χ2n) is 6.29. The van der Waals surface area contributed by atoms with Gasteiger partial charge < -0.3 is 14.7 Å². The zero-order chi connectivity index (χ0) is 15.4. The molecule has 120 valence electrons. The predicted molar refractivity (Wildman–Crippen MR) is 87.1 cm³/mol. The van der Waals surface area contributed by atoms with Crippen LogP contribution in [-0.4, -0.2) is 75.5 Å². The Bertz CT molecular complexity index is 242. The molecule has 20 heavy (non-hydrogen) atoms. The molecule has 0 rings (SSSR count). The third kappa shape index (κ3) is 12.4. The van der Waals surface area contributed by atoms with Crippen LogP contribution in [0.2, 0.25) is 0 Å². The molecule has 0 saturated heterocycles. The molecule has 0 aliphatic heterocycles. The number of amides is 1. The lowest BCUT2D eigenvalue weighted by molar-refractivity contribution is -0.130. The van der Waals surface area contributed by atoms with Crippen molar-refractivity contribution >= 4 is 5.91 Å². The van der Waals surface area contributed by atoms with Crippen molar-refractivity contribution in [2.75, 3.05) is 54.9 Å². The van der Waals surface area contributed by atoms with Crippen molar-refractivity contribution in [3.05, 3.63) is 0 Å². The van der Waals surface area contributed by atoms with Gasteiger partial charge in [-0.3, -0.25) is 4.79 Å².